The smallest absolute Gasteiger partial charge is 0.307 e. The molecule has 0 spiro atoms. The van der Waals surface area contributed by atoms with Crippen LogP contribution in [0.2, 0.25) is 0 Å². The Labute approximate surface area is 347 Å². The van der Waals surface area contributed by atoms with Crippen LogP contribution < -0.4 is 9.46 Å². The highest BCUT2D eigenvalue weighted by molar-refractivity contribution is 7.87. The quantitative estimate of drug-likeness (QED) is 0.180. The van der Waals surface area contributed by atoms with Crippen molar-refractivity contribution in [3.63, 3.8) is 0 Å². The van der Waals surface area contributed by atoms with Gasteiger partial charge < -0.3 is 18.8 Å². The first kappa shape index (κ1) is 44.0. The first-order chi connectivity index (χ1) is 27.7. The third-order valence-electron chi connectivity index (χ3n) is 11.6. The summed E-state index contributed by atoms with van der Waals surface area (Å²) in [5, 5.41) is 0. The molecular weight excluding hydrogens is 777 g/mol. The lowest BCUT2D eigenvalue weighted by molar-refractivity contribution is -0.159. The molecule has 322 valence electrons. The number of hydrogen-bond donors (Lipinski definition) is 1. The summed E-state index contributed by atoms with van der Waals surface area (Å²) in [6.45, 7) is 13.8. The second kappa shape index (κ2) is 17.2. The van der Waals surface area contributed by atoms with Gasteiger partial charge in [0.1, 0.15) is 23.0 Å². The highest BCUT2D eigenvalue weighted by Crippen LogP contribution is 2.57. The Balaban J connectivity index is 1.35. The van der Waals surface area contributed by atoms with Gasteiger partial charge in [0, 0.05) is 39.4 Å². The molecule has 5 atom stereocenters. The van der Waals surface area contributed by atoms with Crippen LogP contribution in [0.5, 0.6) is 6.01 Å². The molecule has 1 aliphatic carbocycles. The number of allylic oxidation sites excluding steroid dienone is 2. The van der Waals surface area contributed by atoms with Crippen LogP contribution in [-0.4, -0.2) is 94.1 Å². The predicted octanol–water partition coefficient (Wildman–Crippen LogP) is 6.25. The van der Waals surface area contributed by atoms with Gasteiger partial charge in [0.25, 0.3) is 6.01 Å². The number of esters is 1. The fourth-order valence-electron chi connectivity index (χ4n) is 8.42. The molecule has 0 bridgehead atoms. The van der Waals surface area contributed by atoms with E-state index < -0.39 is 51.2 Å². The molecule has 6 rings (SSSR count). The van der Waals surface area contributed by atoms with Crippen molar-refractivity contribution in [2.24, 2.45) is 17.3 Å². The van der Waals surface area contributed by atoms with E-state index in [4.69, 9.17) is 23.9 Å². The molecule has 15 nitrogen and oxygen atoms in total. The molecule has 2 amide bonds. The van der Waals surface area contributed by atoms with Crippen molar-refractivity contribution in [1.29, 1.82) is 0 Å². The van der Waals surface area contributed by atoms with E-state index in [9.17, 15) is 27.6 Å². The van der Waals surface area contributed by atoms with E-state index in [1.165, 1.54) is 19.0 Å². The summed E-state index contributed by atoms with van der Waals surface area (Å²) in [5.41, 5.74) is 0.946. The average molecular weight is 837 g/mol. The maximum Gasteiger partial charge on any atom is 0.307 e. The van der Waals surface area contributed by atoms with E-state index in [1.807, 2.05) is 48.8 Å². The zero-order chi connectivity index (χ0) is 43.0. The number of imidazole rings is 1. The minimum absolute atomic E-state index is 0.0358. The molecule has 0 unspecified atom stereocenters. The van der Waals surface area contributed by atoms with Gasteiger partial charge in [-0.15, -0.1) is 0 Å². The number of carbonyl (C=O) groups is 4. The van der Waals surface area contributed by atoms with E-state index in [0.29, 0.717) is 42.4 Å². The highest BCUT2D eigenvalue weighted by atomic mass is 32.2. The average Bonchev–Trinajstić information content (AvgIpc) is 3.41. The van der Waals surface area contributed by atoms with Crippen molar-refractivity contribution >= 4 is 44.8 Å². The molecule has 1 aromatic carbocycles. The van der Waals surface area contributed by atoms with Crippen LogP contribution in [0.3, 0.4) is 0 Å². The number of carbonyl (C=O) groups excluding carboxylic acids is 4. The molecule has 1 N–H and O–H groups in total. The van der Waals surface area contributed by atoms with Gasteiger partial charge in [-0.05, 0) is 84.3 Å². The molecule has 0 radical (unpaired) electrons. The summed E-state index contributed by atoms with van der Waals surface area (Å²) in [6, 6.07) is 5.06. The Kier molecular flexibility index (Phi) is 12.8. The number of para-hydroxylation sites is 1. The normalized spacial score (nSPS) is 25.0. The minimum atomic E-state index is -4.14. The van der Waals surface area contributed by atoms with Crippen molar-refractivity contribution in [1.82, 2.24) is 28.5 Å². The Morgan fingerprint density at radius 1 is 1.12 bits per heavy atom. The number of amides is 2. The molecule has 2 aliphatic heterocycles. The minimum Gasteiger partial charge on any atom is -0.460 e. The fourth-order valence-corrected chi connectivity index (χ4v) is 9.04. The number of oxazole rings is 1. The lowest BCUT2D eigenvalue weighted by Gasteiger charge is -2.29. The van der Waals surface area contributed by atoms with E-state index in [0.717, 1.165) is 40.5 Å². The van der Waals surface area contributed by atoms with Gasteiger partial charge in [-0.3, -0.25) is 23.7 Å². The van der Waals surface area contributed by atoms with Crippen LogP contribution >= 0.6 is 0 Å². The van der Waals surface area contributed by atoms with Gasteiger partial charge in [-0.2, -0.15) is 17.7 Å². The lowest BCUT2D eigenvalue weighted by Crippen LogP contribution is -2.47. The summed E-state index contributed by atoms with van der Waals surface area (Å²) in [4.78, 5) is 67.6. The van der Waals surface area contributed by atoms with Gasteiger partial charge in [-0.1, -0.05) is 44.9 Å². The molecule has 16 heteroatoms. The van der Waals surface area contributed by atoms with Crippen LogP contribution in [0.1, 0.15) is 117 Å². The number of hydrogen-bond acceptors (Lipinski definition) is 11. The van der Waals surface area contributed by atoms with Crippen LogP contribution in [-0.2, 0) is 40.7 Å². The number of rotatable bonds is 10. The third kappa shape index (κ3) is 9.58. The van der Waals surface area contributed by atoms with Gasteiger partial charge in [-0.25, -0.2) is 9.71 Å². The summed E-state index contributed by atoms with van der Waals surface area (Å²) in [7, 11) is -1.50. The Morgan fingerprint density at radius 3 is 2.53 bits per heavy atom. The standard InChI is InChI=1S/C43H60N6O9S/c1-10-48-32-20-16-19-31(38-44-36(26(2)3)27(4)56-38)37(32)45-41(48)57-30-22-33-34(50)24-43(40(53)46-59(54,55)47(8)9)23-29(43)18-15-13-11-12-14-17-28(39(52)49(33)25-30)21-35(51)58-42(5,6)7/h15-16,18-20,26,28-30,33H,10-14,17,21-25H2,1-9H3,(H,46,53)/b18-15-/t28-,29+,30-,33+,43-/m1/s1. The molecule has 3 aromatic rings. The summed E-state index contributed by atoms with van der Waals surface area (Å²) in [5.74, 6) is -1.74. The third-order valence-corrected chi connectivity index (χ3v) is 13.0. The fraction of sp³-hybridized carbons (Fsp3) is 0.628. The maximum atomic E-state index is 14.7. The van der Waals surface area contributed by atoms with Crippen LogP contribution in [0.25, 0.3) is 22.5 Å². The van der Waals surface area contributed by atoms with Crippen LogP contribution in [0.4, 0.5) is 0 Å². The van der Waals surface area contributed by atoms with E-state index in [2.05, 4.69) is 18.6 Å². The first-order valence-electron chi connectivity index (χ1n) is 20.8. The Morgan fingerprint density at radius 2 is 1.86 bits per heavy atom. The summed E-state index contributed by atoms with van der Waals surface area (Å²) >= 11 is 0. The van der Waals surface area contributed by atoms with Gasteiger partial charge in [0.15, 0.2) is 5.78 Å². The topological polar surface area (TPSA) is 183 Å². The molecule has 2 aromatic heterocycles. The number of Topliss-reactive ketones (excluding diaryl/α,β-unsaturated/α-hetero) is 1. The zero-order valence-corrected chi connectivity index (χ0v) is 36.7. The van der Waals surface area contributed by atoms with Crippen molar-refractivity contribution < 1.29 is 41.5 Å². The van der Waals surface area contributed by atoms with E-state index in [1.54, 1.807) is 20.8 Å². The van der Waals surface area contributed by atoms with Crippen LogP contribution in [0, 0.1) is 24.2 Å². The van der Waals surface area contributed by atoms with Crippen molar-refractivity contribution in [3.05, 3.63) is 41.8 Å². The van der Waals surface area contributed by atoms with Crippen molar-refractivity contribution in [3.8, 4) is 17.5 Å². The van der Waals surface area contributed by atoms with Crippen molar-refractivity contribution in [2.75, 3.05) is 20.6 Å². The maximum absolute atomic E-state index is 14.7. The van der Waals surface area contributed by atoms with E-state index >= 15 is 0 Å². The zero-order valence-electron chi connectivity index (χ0n) is 35.9. The Bertz CT molecular complexity index is 2220. The van der Waals surface area contributed by atoms with Gasteiger partial charge in [0.2, 0.25) is 17.7 Å². The number of aryl methyl sites for hydroxylation is 2. The second-order valence-electron chi connectivity index (χ2n) is 17.8. The number of benzene rings is 1. The van der Waals surface area contributed by atoms with Gasteiger partial charge >= 0.3 is 16.2 Å². The molecule has 1 saturated carbocycles. The molecule has 3 aliphatic rings. The number of ketones is 1. The highest BCUT2D eigenvalue weighted by Gasteiger charge is 2.61. The summed E-state index contributed by atoms with van der Waals surface area (Å²) in [6.07, 6.45) is 6.64. The van der Waals surface area contributed by atoms with E-state index in [-0.39, 0.29) is 55.8 Å². The SMILES string of the molecule is CCn1c(O[C@@H]2C[C@H]3C(=O)C[C@]4(C(=O)NS(=O)(=O)N(C)C)C[C@@H]4/C=C\CCCCC[C@H](CC(=O)OC(C)(C)C)C(=O)N3C2)nc2c(-c3nc(C(C)C)c(C)o3)cccc21. The lowest BCUT2D eigenvalue weighted by atomic mass is 9.90. The number of nitrogens with one attached hydrogen (secondary N) is 1. The van der Waals surface area contributed by atoms with Crippen molar-refractivity contribution in [2.45, 2.75) is 136 Å². The largest absolute Gasteiger partial charge is 0.460 e. The summed E-state index contributed by atoms with van der Waals surface area (Å²) < 4.78 is 49.0. The molecule has 59 heavy (non-hydrogen) atoms. The molecule has 2 fully saturated rings. The Hall–Kier alpha value is -4.57. The van der Waals surface area contributed by atoms with Crippen LogP contribution in [0.15, 0.2) is 34.8 Å². The number of aromatic nitrogens is 3. The molecule has 1 saturated heterocycles. The van der Waals surface area contributed by atoms with Gasteiger partial charge in [0.05, 0.1) is 41.2 Å². The number of fused-ring (bicyclic) bond motifs is 3. The monoisotopic (exact) mass is 836 g/mol. The number of nitrogens with zero attached hydrogens (tertiary/aromatic N) is 5. The molecular formula is C43H60N6O9S. The number of ether oxygens (including phenoxy) is 2. The second-order valence-corrected chi connectivity index (χ2v) is 19.7. The predicted molar refractivity (Wildman–Crippen MR) is 221 cm³/mol. The molecule has 4 heterocycles. The first-order valence-corrected chi connectivity index (χ1v) is 22.3.